The molecular weight excluding hydrogens is 322 g/mol. The molecule has 0 aliphatic carbocycles. The number of hydrogen-bond acceptors (Lipinski definition) is 4. The van der Waals surface area contributed by atoms with Crippen molar-refractivity contribution < 1.29 is 9.53 Å². The SMILES string of the molecule is CCOCCCNC(=O)c1csc2nc(-c3ccc(C)cc3)cn12. The Kier molecular flexibility index (Phi) is 5.27. The molecule has 126 valence electrons. The first-order valence-corrected chi connectivity index (χ1v) is 8.96. The molecule has 2 heterocycles. The molecule has 0 saturated heterocycles. The Hall–Kier alpha value is -2.18. The van der Waals surface area contributed by atoms with Crippen molar-refractivity contribution in [2.24, 2.45) is 0 Å². The van der Waals surface area contributed by atoms with Crippen molar-refractivity contribution in [3.05, 3.63) is 47.1 Å². The summed E-state index contributed by atoms with van der Waals surface area (Å²) in [6.45, 7) is 6.00. The number of aryl methyl sites for hydroxylation is 1. The summed E-state index contributed by atoms with van der Waals surface area (Å²) < 4.78 is 7.13. The molecule has 0 saturated carbocycles. The third kappa shape index (κ3) is 3.66. The normalized spacial score (nSPS) is 11.1. The number of nitrogens with zero attached hydrogens (tertiary/aromatic N) is 2. The maximum atomic E-state index is 12.3. The molecule has 0 radical (unpaired) electrons. The first-order valence-electron chi connectivity index (χ1n) is 8.08. The zero-order valence-corrected chi connectivity index (χ0v) is 14.7. The number of amides is 1. The smallest absolute Gasteiger partial charge is 0.269 e. The number of carbonyl (C=O) groups is 1. The summed E-state index contributed by atoms with van der Waals surface area (Å²) in [7, 11) is 0. The first-order chi connectivity index (χ1) is 11.7. The van der Waals surface area contributed by atoms with Gasteiger partial charge >= 0.3 is 0 Å². The summed E-state index contributed by atoms with van der Waals surface area (Å²) in [6.07, 6.45) is 2.73. The molecule has 3 aromatic rings. The first kappa shape index (κ1) is 16.7. The topological polar surface area (TPSA) is 55.6 Å². The van der Waals surface area contributed by atoms with Crippen LogP contribution in [0.25, 0.3) is 16.2 Å². The average Bonchev–Trinajstić information content (AvgIpc) is 3.15. The van der Waals surface area contributed by atoms with Gasteiger partial charge in [-0.25, -0.2) is 4.98 Å². The number of imidazole rings is 1. The molecule has 0 bridgehead atoms. The number of carbonyl (C=O) groups excluding carboxylic acids is 1. The largest absolute Gasteiger partial charge is 0.382 e. The number of rotatable bonds is 7. The Bertz CT molecular complexity index is 821. The van der Waals surface area contributed by atoms with Gasteiger partial charge in [0.2, 0.25) is 0 Å². The van der Waals surface area contributed by atoms with Crippen LogP contribution in [0.3, 0.4) is 0 Å². The predicted molar refractivity (Wildman–Crippen MR) is 96.7 cm³/mol. The van der Waals surface area contributed by atoms with Crippen LogP contribution in [0.1, 0.15) is 29.4 Å². The Labute approximate surface area is 145 Å². The molecule has 3 rings (SSSR count). The fourth-order valence-electron chi connectivity index (χ4n) is 2.42. The lowest BCUT2D eigenvalue weighted by Gasteiger charge is -2.04. The number of fused-ring (bicyclic) bond motifs is 1. The van der Waals surface area contributed by atoms with Crippen LogP contribution in [0.15, 0.2) is 35.8 Å². The van der Waals surface area contributed by atoms with E-state index >= 15 is 0 Å². The lowest BCUT2D eigenvalue weighted by Crippen LogP contribution is -2.26. The van der Waals surface area contributed by atoms with Gasteiger partial charge in [0.1, 0.15) is 5.69 Å². The number of ether oxygens (including phenoxy) is 1. The fraction of sp³-hybridized carbons (Fsp3) is 0.333. The second-order valence-electron chi connectivity index (χ2n) is 5.57. The van der Waals surface area contributed by atoms with Gasteiger partial charge in [-0.1, -0.05) is 29.8 Å². The molecule has 0 aliphatic rings. The highest BCUT2D eigenvalue weighted by atomic mass is 32.1. The summed E-state index contributed by atoms with van der Waals surface area (Å²) in [6, 6.07) is 8.23. The van der Waals surface area contributed by atoms with E-state index in [1.54, 1.807) is 0 Å². The molecule has 2 aromatic heterocycles. The summed E-state index contributed by atoms with van der Waals surface area (Å²) in [4.78, 5) is 17.8. The van der Waals surface area contributed by atoms with E-state index in [0.29, 0.717) is 25.5 Å². The minimum Gasteiger partial charge on any atom is -0.382 e. The molecule has 1 aromatic carbocycles. The standard InChI is InChI=1S/C18H21N3O2S/c1-3-23-10-4-9-19-17(22)16-12-24-18-20-15(11-21(16)18)14-7-5-13(2)6-8-14/h5-8,11-12H,3-4,9-10H2,1-2H3,(H,19,22). The van der Waals surface area contributed by atoms with E-state index in [2.05, 4.69) is 41.5 Å². The van der Waals surface area contributed by atoms with E-state index in [9.17, 15) is 4.79 Å². The molecule has 0 atom stereocenters. The molecule has 0 aliphatic heterocycles. The summed E-state index contributed by atoms with van der Waals surface area (Å²) in [5, 5.41) is 4.78. The highest BCUT2D eigenvalue weighted by Crippen LogP contribution is 2.24. The lowest BCUT2D eigenvalue weighted by atomic mass is 10.1. The van der Waals surface area contributed by atoms with E-state index in [1.165, 1.54) is 16.9 Å². The average molecular weight is 343 g/mol. The second-order valence-corrected chi connectivity index (χ2v) is 6.41. The van der Waals surface area contributed by atoms with Crippen molar-refractivity contribution in [2.45, 2.75) is 20.3 Å². The zero-order valence-electron chi connectivity index (χ0n) is 13.9. The maximum Gasteiger partial charge on any atom is 0.269 e. The molecule has 0 unspecified atom stereocenters. The summed E-state index contributed by atoms with van der Waals surface area (Å²) >= 11 is 1.47. The third-order valence-electron chi connectivity index (χ3n) is 3.74. The van der Waals surface area contributed by atoms with Crippen LogP contribution in [-0.2, 0) is 4.74 Å². The number of aromatic nitrogens is 2. The van der Waals surface area contributed by atoms with Gasteiger partial charge in [0, 0.05) is 36.9 Å². The second kappa shape index (κ2) is 7.59. The third-order valence-corrected chi connectivity index (χ3v) is 4.58. The molecule has 1 N–H and O–H groups in total. The van der Waals surface area contributed by atoms with Crippen LogP contribution >= 0.6 is 11.3 Å². The Morgan fingerprint density at radius 2 is 2.12 bits per heavy atom. The van der Waals surface area contributed by atoms with Gasteiger partial charge in [-0.2, -0.15) is 0 Å². The van der Waals surface area contributed by atoms with Gasteiger partial charge in [-0.05, 0) is 20.3 Å². The Morgan fingerprint density at radius 3 is 2.88 bits per heavy atom. The van der Waals surface area contributed by atoms with Gasteiger partial charge in [-0.15, -0.1) is 11.3 Å². The van der Waals surface area contributed by atoms with Crippen molar-refractivity contribution in [1.82, 2.24) is 14.7 Å². The predicted octanol–water partition coefficient (Wildman–Crippen LogP) is 3.53. The van der Waals surface area contributed by atoms with Crippen LogP contribution in [0.5, 0.6) is 0 Å². The molecule has 24 heavy (non-hydrogen) atoms. The van der Waals surface area contributed by atoms with Crippen LogP contribution in [0.4, 0.5) is 0 Å². The van der Waals surface area contributed by atoms with Crippen LogP contribution in [0, 0.1) is 6.92 Å². The fourth-order valence-corrected chi connectivity index (χ4v) is 3.27. The van der Waals surface area contributed by atoms with Crippen molar-refractivity contribution >= 4 is 22.2 Å². The van der Waals surface area contributed by atoms with E-state index in [1.807, 2.05) is 22.9 Å². The highest BCUT2D eigenvalue weighted by Gasteiger charge is 2.14. The van der Waals surface area contributed by atoms with Crippen molar-refractivity contribution in [3.8, 4) is 11.3 Å². The lowest BCUT2D eigenvalue weighted by molar-refractivity contribution is 0.0938. The Balaban J connectivity index is 1.73. The van der Waals surface area contributed by atoms with E-state index in [0.717, 1.165) is 22.6 Å². The van der Waals surface area contributed by atoms with Gasteiger partial charge in [-0.3, -0.25) is 9.20 Å². The quantitative estimate of drug-likeness (QED) is 0.668. The number of benzene rings is 1. The molecule has 0 spiro atoms. The summed E-state index contributed by atoms with van der Waals surface area (Å²) in [5.74, 6) is -0.0781. The highest BCUT2D eigenvalue weighted by molar-refractivity contribution is 7.15. The van der Waals surface area contributed by atoms with Gasteiger partial charge in [0.15, 0.2) is 4.96 Å². The van der Waals surface area contributed by atoms with Crippen LogP contribution in [-0.4, -0.2) is 35.1 Å². The molecule has 6 heteroatoms. The number of hydrogen-bond donors (Lipinski definition) is 1. The van der Waals surface area contributed by atoms with Crippen LogP contribution < -0.4 is 5.32 Å². The van der Waals surface area contributed by atoms with Crippen molar-refractivity contribution in [3.63, 3.8) is 0 Å². The van der Waals surface area contributed by atoms with Crippen molar-refractivity contribution in [1.29, 1.82) is 0 Å². The minimum absolute atomic E-state index is 0.0781. The van der Waals surface area contributed by atoms with Gasteiger partial charge in [0.05, 0.1) is 5.69 Å². The maximum absolute atomic E-state index is 12.3. The minimum atomic E-state index is -0.0781. The van der Waals surface area contributed by atoms with Gasteiger partial charge in [0.25, 0.3) is 5.91 Å². The van der Waals surface area contributed by atoms with Crippen LogP contribution in [0.2, 0.25) is 0 Å². The van der Waals surface area contributed by atoms with E-state index in [4.69, 9.17) is 4.74 Å². The molecular formula is C18H21N3O2S. The van der Waals surface area contributed by atoms with Crippen molar-refractivity contribution in [2.75, 3.05) is 19.8 Å². The monoisotopic (exact) mass is 343 g/mol. The molecule has 0 fully saturated rings. The van der Waals surface area contributed by atoms with E-state index in [-0.39, 0.29) is 5.91 Å². The number of thiazole rings is 1. The van der Waals surface area contributed by atoms with Gasteiger partial charge < -0.3 is 10.1 Å². The number of nitrogens with one attached hydrogen (secondary N) is 1. The summed E-state index contributed by atoms with van der Waals surface area (Å²) in [5.41, 5.74) is 3.77. The Morgan fingerprint density at radius 1 is 1.33 bits per heavy atom. The zero-order chi connectivity index (χ0) is 16.9. The molecule has 5 nitrogen and oxygen atoms in total. The molecule has 1 amide bonds. The van der Waals surface area contributed by atoms with E-state index < -0.39 is 0 Å².